The van der Waals surface area contributed by atoms with Crippen molar-refractivity contribution in [2.75, 3.05) is 25.3 Å². The van der Waals surface area contributed by atoms with E-state index in [0.29, 0.717) is 29.0 Å². The van der Waals surface area contributed by atoms with Crippen LogP contribution in [0.15, 0.2) is 53.7 Å². The smallest absolute Gasteiger partial charge is 0.244 e. The van der Waals surface area contributed by atoms with E-state index >= 15 is 0 Å². The summed E-state index contributed by atoms with van der Waals surface area (Å²) in [5.41, 5.74) is 2.59. The summed E-state index contributed by atoms with van der Waals surface area (Å²) in [6.07, 6.45) is 3.13. The molecule has 1 aromatic heterocycles. The van der Waals surface area contributed by atoms with Crippen LogP contribution in [0.4, 0.5) is 5.69 Å². The maximum absolute atomic E-state index is 12.4. The molecule has 10 heteroatoms. The van der Waals surface area contributed by atoms with E-state index in [4.69, 9.17) is 9.47 Å². The van der Waals surface area contributed by atoms with Crippen molar-refractivity contribution < 1.29 is 19.1 Å². The van der Waals surface area contributed by atoms with Gasteiger partial charge in [-0.2, -0.15) is 0 Å². The molecule has 2 aromatic carbocycles. The van der Waals surface area contributed by atoms with Gasteiger partial charge in [0.25, 0.3) is 0 Å². The van der Waals surface area contributed by atoms with Gasteiger partial charge in [-0.25, -0.2) is 0 Å². The SMILES string of the molecule is CCn1c(CNC(=O)/C=C/c2ccc(OC)c(OC)c2)nnc1SCC(=O)Nc1ccccc1C. The van der Waals surface area contributed by atoms with E-state index in [-0.39, 0.29) is 24.1 Å². The first-order valence-electron chi connectivity index (χ1n) is 11.0. The van der Waals surface area contributed by atoms with E-state index in [9.17, 15) is 9.59 Å². The minimum absolute atomic E-state index is 0.120. The highest BCUT2D eigenvalue weighted by molar-refractivity contribution is 7.99. The molecule has 9 nitrogen and oxygen atoms in total. The van der Waals surface area contributed by atoms with Crippen molar-refractivity contribution in [3.8, 4) is 11.5 Å². The number of nitrogens with one attached hydrogen (secondary N) is 2. The zero-order valence-corrected chi connectivity index (χ0v) is 21.0. The third-order valence-corrected chi connectivity index (χ3v) is 6.08. The first-order chi connectivity index (χ1) is 16.9. The number of para-hydroxylation sites is 1. The van der Waals surface area contributed by atoms with Crippen molar-refractivity contribution in [2.45, 2.75) is 32.1 Å². The molecule has 0 bridgehead atoms. The van der Waals surface area contributed by atoms with Crippen LogP contribution >= 0.6 is 11.8 Å². The number of ether oxygens (including phenoxy) is 2. The summed E-state index contributed by atoms with van der Waals surface area (Å²) in [5, 5.41) is 14.7. The molecular weight excluding hydrogens is 466 g/mol. The minimum Gasteiger partial charge on any atom is -0.493 e. The highest BCUT2D eigenvalue weighted by atomic mass is 32.2. The summed E-state index contributed by atoms with van der Waals surface area (Å²) in [6.45, 7) is 4.73. The lowest BCUT2D eigenvalue weighted by atomic mass is 10.2. The molecule has 2 N–H and O–H groups in total. The van der Waals surface area contributed by atoms with Gasteiger partial charge in [0.1, 0.15) is 0 Å². The van der Waals surface area contributed by atoms with Gasteiger partial charge in [0.15, 0.2) is 22.5 Å². The first-order valence-corrected chi connectivity index (χ1v) is 12.0. The van der Waals surface area contributed by atoms with Crippen LogP contribution in [-0.2, 0) is 22.7 Å². The molecule has 0 fully saturated rings. The predicted octanol–water partition coefficient (Wildman–Crippen LogP) is 3.68. The molecule has 1 heterocycles. The second-order valence-electron chi connectivity index (χ2n) is 7.46. The van der Waals surface area contributed by atoms with E-state index in [0.717, 1.165) is 16.8 Å². The molecule has 0 saturated heterocycles. The number of carbonyl (C=O) groups excluding carboxylic acids is 2. The maximum atomic E-state index is 12.4. The summed E-state index contributed by atoms with van der Waals surface area (Å²) >= 11 is 1.30. The Morgan fingerprint density at radius 3 is 2.57 bits per heavy atom. The predicted molar refractivity (Wildman–Crippen MR) is 137 cm³/mol. The molecule has 3 aromatic rings. The molecule has 0 radical (unpaired) electrons. The number of benzene rings is 2. The van der Waals surface area contributed by atoms with Crippen LogP contribution in [0.1, 0.15) is 23.9 Å². The van der Waals surface area contributed by atoms with Crippen molar-refractivity contribution in [3.63, 3.8) is 0 Å². The summed E-state index contributed by atoms with van der Waals surface area (Å²) in [4.78, 5) is 24.7. The molecule has 0 atom stereocenters. The van der Waals surface area contributed by atoms with Gasteiger partial charge in [-0.15, -0.1) is 10.2 Å². The van der Waals surface area contributed by atoms with Gasteiger partial charge >= 0.3 is 0 Å². The molecule has 3 rings (SSSR count). The molecule has 0 spiro atoms. The Morgan fingerprint density at radius 1 is 1.09 bits per heavy atom. The Balaban J connectivity index is 1.54. The van der Waals surface area contributed by atoms with Crippen LogP contribution < -0.4 is 20.1 Å². The first kappa shape index (κ1) is 25.8. The third kappa shape index (κ3) is 7.10. The average molecular weight is 496 g/mol. The lowest BCUT2D eigenvalue weighted by Crippen LogP contribution is -2.22. The molecule has 0 unspecified atom stereocenters. The second-order valence-corrected chi connectivity index (χ2v) is 8.40. The lowest BCUT2D eigenvalue weighted by molar-refractivity contribution is -0.116. The lowest BCUT2D eigenvalue weighted by Gasteiger charge is -2.09. The van der Waals surface area contributed by atoms with Crippen molar-refractivity contribution >= 4 is 35.3 Å². The van der Waals surface area contributed by atoms with Crippen LogP contribution in [-0.4, -0.2) is 46.6 Å². The zero-order valence-electron chi connectivity index (χ0n) is 20.2. The molecule has 184 valence electrons. The number of aromatic nitrogens is 3. The number of methoxy groups -OCH3 is 2. The molecule has 35 heavy (non-hydrogen) atoms. The summed E-state index contributed by atoms with van der Waals surface area (Å²) in [7, 11) is 3.13. The Hall–Kier alpha value is -3.79. The number of hydrogen-bond acceptors (Lipinski definition) is 7. The van der Waals surface area contributed by atoms with Crippen molar-refractivity contribution in [1.82, 2.24) is 20.1 Å². The van der Waals surface area contributed by atoms with E-state index < -0.39 is 0 Å². The number of rotatable bonds is 11. The number of aryl methyl sites for hydroxylation is 1. The van der Waals surface area contributed by atoms with E-state index in [2.05, 4.69) is 20.8 Å². The van der Waals surface area contributed by atoms with Gasteiger partial charge in [0.05, 0.1) is 26.5 Å². The van der Waals surface area contributed by atoms with E-state index in [1.54, 1.807) is 32.4 Å². The number of amides is 2. The maximum Gasteiger partial charge on any atom is 0.244 e. The van der Waals surface area contributed by atoms with Gasteiger partial charge in [0.2, 0.25) is 11.8 Å². The fourth-order valence-electron chi connectivity index (χ4n) is 3.26. The fraction of sp³-hybridized carbons (Fsp3) is 0.280. The molecule has 0 aliphatic carbocycles. The van der Waals surface area contributed by atoms with Crippen LogP contribution in [0.5, 0.6) is 11.5 Å². The van der Waals surface area contributed by atoms with Gasteiger partial charge in [-0.3, -0.25) is 9.59 Å². The summed E-state index contributed by atoms with van der Waals surface area (Å²) in [6, 6.07) is 13.0. The highest BCUT2D eigenvalue weighted by Crippen LogP contribution is 2.28. The average Bonchev–Trinajstić information content (AvgIpc) is 3.27. The second kappa shape index (κ2) is 12.6. The zero-order chi connectivity index (χ0) is 25.2. The number of anilines is 1. The van der Waals surface area contributed by atoms with Crippen LogP contribution in [0, 0.1) is 6.92 Å². The quantitative estimate of drug-likeness (QED) is 0.309. The minimum atomic E-state index is -0.266. The fourth-order valence-corrected chi connectivity index (χ4v) is 4.08. The topological polar surface area (TPSA) is 107 Å². The molecule has 2 amide bonds. The Labute approximate surface area is 208 Å². The number of hydrogen-bond donors (Lipinski definition) is 2. The summed E-state index contributed by atoms with van der Waals surface area (Å²) in [5.74, 6) is 1.63. The van der Waals surface area contributed by atoms with Crippen molar-refractivity contribution in [2.24, 2.45) is 0 Å². The number of thioether (sulfide) groups is 1. The Kier molecular flexibility index (Phi) is 9.31. The van der Waals surface area contributed by atoms with E-state index in [1.165, 1.54) is 17.8 Å². The van der Waals surface area contributed by atoms with Gasteiger partial charge < -0.3 is 24.7 Å². The number of carbonyl (C=O) groups is 2. The van der Waals surface area contributed by atoms with Gasteiger partial charge in [0, 0.05) is 18.3 Å². The molecular formula is C25H29N5O4S. The number of nitrogens with zero attached hydrogens (tertiary/aromatic N) is 3. The molecule has 0 aliphatic rings. The Bertz CT molecular complexity index is 1210. The van der Waals surface area contributed by atoms with Crippen LogP contribution in [0.25, 0.3) is 6.08 Å². The Morgan fingerprint density at radius 2 is 1.86 bits per heavy atom. The monoisotopic (exact) mass is 495 g/mol. The van der Waals surface area contributed by atoms with Crippen LogP contribution in [0.3, 0.4) is 0 Å². The summed E-state index contributed by atoms with van der Waals surface area (Å²) < 4.78 is 12.4. The molecule has 0 saturated carbocycles. The van der Waals surface area contributed by atoms with Crippen molar-refractivity contribution in [3.05, 3.63) is 65.5 Å². The third-order valence-electron chi connectivity index (χ3n) is 5.12. The standard InChI is InChI=1S/C25H29N5O4S/c1-5-30-22(15-26-23(31)13-11-18-10-12-20(33-3)21(14-18)34-4)28-29-25(30)35-16-24(32)27-19-9-7-6-8-17(19)2/h6-14H,5,15-16H2,1-4H3,(H,26,31)(H,27,32)/b13-11+. The molecule has 0 aliphatic heterocycles. The van der Waals surface area contributed by atoms with E-state index in [1.807, 2.05) is 48.7 Å². The van der Waals surface area contributed by atoms with Gasteiger partial charge in [-0.05, 0) is 49.2 Å². The largest absolute Gasteiger partial charge is 0.493 e. The highest BCUT2D eigenvalue weighted by Gasteiger charge is 2.14. The van der Waals surface area contributed by atoms with Crippen molar-refractivity contribution in [1.29, 1.82) is 0 Å². The normalized spacial score (nSPS) is 10.9. The van der Waals surface area contributed by atoms with Gasteiger partial charge in [-0.1, -0.05) is 36.0 Å². The van der Waals surface area contributed by atoms with Crippen LogP contribution in [0.2, 0.25) is 0 Å².